The number of hydrogen-bond acceptors (Lipinski definition) is 16. The Hall–Kier alpha value is -0.640. The Morgan fingerprint density at radius 2 is 0.333 bits per heavy atom. The van der Waals surface area contributed by atoms with Gasteiger partial charge in [0.25, 0.3) is 0 Å². The molecule has 0 saturated carbocycles. The third kappa shape index (κ3) is 8.36. The summed E-state index contributed by atoms with van der Waals surface area (Å²) in [7, 11) is 13.4. The molecule has 48 heavy (non-hydrogen) atoms. The van der Waals surface area contributed by atoms with Crippen molar-refractivity contribution in [2.24, 2.45) is 0 Å². The van der Waals surface area contributed by atoms with Crippen molar-refractivity contribution in [2.75, 3.05) is 110 Å². The minimum Gasteiger partial charge on any atom is -0.376 e. The van der Waals surface area contributed by atoms with E-state index in [4.69, 9.17) is 75.8 Å². The monoisotopic (exact) mass is 696 g/mol. The van der Waals surface area contributed by atoms with Gasteiger partial charge in [-0.25, -0.2) is 0 Å². The van der Waals surface area contributed by atoms with Crippen molar-refractivity contribution in [3.05, 3.63) is 0 Å². The quantitative estimate of drug-likeness (QED) is 0.313. The van der Waals surface area contributed by atoms with E-state index in [2.05, 4.69) is 0 Å². The number of ether oxygens (including phenoxy) is 16. The number of methoxy groups -OCH3 is 8. The fraction of sp³-hybridized carbons (Fsp3) is 1.00. The zero-order valence-corrected chi connectivity index (χ0v) is 29.4. The van der Waals surface area contributed by atoms with Gasteiger partial charge in [0, 0.05) is 56.9 Å². The van der Waals surface area contributed by atoms with E-state index >= 15 is 0 Å². The fourth-order valence-corrected chi connectivity index (χ4v) is 7.33. The molecular weight excluding hydrogens is 640 g/mol. The highest BCUT2D eigenvalue weighted by atomic mass is 16.7. The topological polar surface area (TPSA) is 148 Å². The molecule has 0 spiro atoms. The Bertz CT molecular complexity index is 717. The third-order valence-electron chi connectivity index (χ3n) is 10.3. The van der Waals surface area contributed by atoms with Crippen LogP contribution >= 0.6 is 0 Å². The largest absolute Gasteiger partial charge is 0.376 e. The Morgan fingerprint density at radius 1 is 0.229 bits per heavy atom. The third-order valence-corrected chi connectivity index (χ3v) is 10.3. The molecular formula is C32H56O16. The molecule has 16 heteroatoms. The van der Waals surface area contributed by atoms with E-state index in [1.54, 1.807) is 56.9 Å². The van der Waals surface area contributed by atoms with Gasteiger partial charge < -0.3 is 75.8 Å². The molecule has 8 fully saturated rings. The first kappa shape index (κ1) is 38.6. The lowest BCUT2D eigenvalue weighted by Crippen LogP contribution is -2.32. The molecule has 0 amide bonds. The average Bonchev–Trinajstić information content (AvgIpc) is 3.95. The summed E-state index contributed by atoms with van der Waals surface area (Å²) in [6, 6.07) is 0. The van der Waals surface area contributed by atoms with Crippen LogP contribution in [0, 0.1) is 0 Å². The van der Waals surface area contributed by atoms with Crippen LogP contribution in [0.25, 0.3) is 0 Å². The molecule has 0 N–H and O–H groups in total. The Morgan fingerprint density at radius 3 is 0.417 bits per heavy atom. The summed E-state index contributed by atoms with van der Waals surface area (Å²) < 4.78 is 85.8. The fourth-order valence-electron chi connectivity index (χ4n) is 7.33. The maximum Gasteiger partial charge on any atom is 0.115 e. The lowest BCUT2D eigenvalue weighted by atomic mass is 10.1. The first-order valence-electron chi connectivity index (χ1n) is 16.6. The second kappa shape index (κ2) is 18.7. The summed E-state index contributed by atoms with van der Waals surface area (Å²) in [6.45, 7) is 4.93. The second-order valence-electron chi connectivity index (χ2n) is 12.6. The van der Waals surface area contributed by atoms with Gasteiger partial charge in [-0.2, -0.15) is 0 Å². The van der Waals surface area contributed by atoms with Crippen molar-refractivity contribution in [3.63, 3.8) is 0 Å². The van der Waals surface area contributed by atoms with E-state index in [0.29, 0.717) is 52.9 Å². The van der Waals surface area contributed by atoms with E-state index in [1.807, 2.05) is 0 Å². The van der Waals surface area contributed by atoms with Crippen molar-refractivity contribution in [1.29, 1.82) is 0 Å². The van der Waals surface area contributed by atoms with Crippen molar-refractivity contribution in [2.45, 2.75) is 97.7 Å². The van der Waals surface area contributed by atoms with E-state index in [0.717, 1.165) is 0 Å². The predicted molar refractivity (Wildman–Crippen MR) is 164 cm³/mol. The van der Waals surface area contributed by atoms with Crippen molar-refractivity contribution in [3.8, 4) is 0 Å². The molecule has 8 aliphatic rings. The Balaban J connectivity index is 0.000000125. The predicted octanol–water partition coefficient (Wildman–Crippen LogP) is -0.744. The maximum atomic E-state index is 5.51. The van der Waals surface area contributed by atoms with Gasteiger partial charge in [-0.1, -0.05) is 0 Å². The number of hydrogen-bond donors (Lipinski definition) is 0. The SMILES string of the molecule is COC1COC2C(OC)COC12.COC1CO[C@@H]2[C@@H](OC)CO[C@H]12.CO[C@@H]1CO[C@H]2[C@@H]1OC[C@H]2OC.CO[C@H]1CO[C@H]2[C@@H]1OC[C@H]2OC. The minimum atomic E-state index is 0.0694. The minimum absolute atomic E-state index is 0.0694. The van der Waals surface area contributed by atoms with Crippen molar-refractivity contribution < 1.29 is 75.8 Å². The zero-order chi connectivity index (χ0) is 34.2. The van der Waals surface area contributed by atoms with Gasteiger partial charge in [0.1, 0.15) is 97.7 Å². The number of fused-ring (bicyclic) bond motifs is 4. The van der Waals surface area contributed by atoms with Crippen molar-refractivity contribution >= 4 is 0 Å². The van der Waals surface area contributed by atoms with Crippen LogP contribution in [0.5, 0.6) is 0 Å². The molecule has 8 aliphatic heterocycles. The zero-order valence-electron chi connectivity index (χ0n) is 29.4. The standard InChI is InChI=1S/4C8H14O4/c4*1-9-5-3-11-8-6(10-2)4-12-7(5)8/h4*5-8H,3-4H2,1-2H3/t5-,6?,7+,8+;5-,6+,7-,8-;5-,6-,7-,8-;/m011./s1. The molecule has 8 rings (SSSR count). The molecule has 5 unspecified atom stereocenters. The summed E-state index contributed by atoms with van der Waals surface area (Å²) in [5.74, 6) is 0. The van der Waals surface area contributed by atoms with Gasteiger partial charge in [0.2, 0.25) is 0 Å². The van der Waals surface area contributed by atoms with E-state index in [1.165, 1.54) is 0 Å². The highest BCUT2D eigenvalue weighted by molar-refractivity contribution is 4.98. The summed E-state index contributed by atoms with van der Waals surface area (Å²) in [5, 5.41) is 0. The summed E-state index contributed by atoms with van der Waals surface area (Å²) in [5.41, 5.74) is 0. The molecule has 8 heterocycles. The number of rotatable bonds is 8. The molecule has 0 aromatic carbocycles. The van der Waals surface area contributed by atoms with Crippen molar-refractivity contribution in [1.82, 2.24) is 0 Å². The van der Waals surface area contributed by atoms with Gasteiger partial charge in [0.05, 0.1) is 52.9 Å². The van der Waals surface area contributed by atoms with Crippen LogP contribution in [0.2, 0.25) is 0 Å². The highest BCUT2D eigenvalue weighted by Gasteiger charge is 2.50. The van der Waals surface area contributed by atoms with Crippen LogP contribution < -0.4 is 0 Å². The summed E-state index contributed by atoms with van der Waals surface area (Å²) in [4.78, 5) is 0. The molecule has 0 aromatic rings. The van der Waals surface area contributed by atoms with Gasteiger partial charge in [-0.15, -0.1) is 0 Å². The smallest absolute Gasteiger partial charge is 0.115 e. The molecule has 0 radical (unpaired) electrons. The second-order valence-corrected chi connectivity index (χ2v) is 12.6. The van der Waals surface area contributed by atoms with E-state index < -0.39 is 0 Å². The first-order valence-corrected chi connectivity index (χ1v) is 16.6. The van der Waals surface area contributed by atoms with E-state index in [9.17, 15) is 0 Å². The van der Waals surface area contributed by atoms with Crippen LogP contribution in [0.15, 0.2) is 0 Å². The highest BCUT2D eigenvalue weighted by Crippen LogP contribution is 2.32. The molecule has 0 aliphatic carbocycles. The molecule has 0 bridgehead atoms. The van der Waals surface area contributed by atoms with Gasteiger partial charge in [0.15, 0.2) is 0 Å². The van der Waals surface area contributed by atoms with Crippen LogP contribution in [-0.2, 0) is 75.8 Å². The van der Waals surface area contributed by atoms with E-state index in [-0.39, 0.29) is 97.7 Å². The van der Waals surface area contributed by atoms with Crippen LogP contribution in [0.4, 0.5) is 0 Å². The van der Waals surface area contributed by atoms with Gasteiger partial charge in [-0.3, -0.25) is 0 Å². The van der Waals surface area contributed by atoms with Crippen LogP contribution in [0.3, 0.4) is 0 Å². The lowest BCUT2D eigenvalue weighted by molar-refractivity contribution is -0.0267. The van der Waals surface area contributed by atoms with Gasteiger partial charge >= 0.3 is 0 Å². The van der Waals surface area contributed by atoms with Crippen LogP contribution in [0.1, 0.15) is 0 Å². The normalized spacial score (nSPS) is 46.5. The molecule has 0 aromatic heterocycles. The molecule has 280 valence electrons. The average molecular weight is 697 g/mol. The van der Waals surface area contributed by atoms with Crippen LogP contribution in [-0.4, -0.2) is 207 Å². The Kier molecular flexibility index (Phi) is 15.1. The molecule has 16 atom stereocenters. The maximum absolute atomic E-state index is 5.51. The lowest BCUT2D eigenvalue weighted by Gasteiger charge is -2.14. The van der Waals surface area contributed by atoms with Gasteiger partial charge in [-0.05, 0) is 0 Å². The molecule has 8 saturated heterocycles. The molecule has 16 nitrogen and oxygen atoms in total. The summed E-state index contributed by atoms with van der Waals surface area (Å²) >= 11 is 0. The summed E-state index contributed by atoms with van der Waals surface area (Å²) in [6.07, 6.45) is 1.19. The first-order chi connectivity index (χ1) is 23.5. The Labute approximate surface area is 283 Å².